The molecule has 7 nitrogen and oxygen atoms in total. The summed E-state index contributed by atoms with van der Waals surface area (Å²) in [6, 6.07) is 1.81. The maximum Gasteiger partial charge on any atom is 0.307 e. The largest absolute Gasteiger partial charge is 0.469 e. The van der Waals surface area contributed by atoms with Gasteiger partial charge in [0, 0.05) is 45.6 Å². The first-order valence-electron chi connectivity index (χ1n) is 6.48. The van der Waals surface area contributed by atoms with Crippen LogP contribution >= 0.6 is 0 Å². The van der Waals surface area contributed by atoms with Gasteiger partial charge in [0.1, 0.15) is 0 Å². The Kier molecular flexibility index (Phi) is 7.34. The summed E-state index contributed by atoms with van der Waals surface area (Å²) < 4.78 is 11.3. The molecular formula is C13H21N3O4. The van der Waals surface area contributed by atoms with Crippen LogP contribution in [-0.2, 0) is 25.6 Å². The molecule has 1 heterocycles. The summed E-state index contributed by atoms with van der Waals surface area (Å²) in [5.74, 6) is -0.353. The van der Waals surface area contributed by atoms with Crippen molar-refractivity contribution in [1.29, 1.82) is 0 Å². The van der Waals surface area contributed by atoms with Gasteiger partial charge >= 0.3 is 5.97 Å². The Labute approximate surface area is 118 Å². The van der Waals surface area contributed by atoms with Gasteiger partial charge in [-0.1, -0.05) is 0 Å². The first kappa shape index (κ1) is 16.2. The van der Waals surface area contributed by atoms with Gasteiger partial charge in [0.2, 0.25) is 5.91 Å². The summed E-state index contributed by atoms with van der Waals surface area (Å²) in [7, 11) is 2.91. The Morgan fingerprint density at radius 3 is 2.65 bits per heavy atom. The zero-order valence-corrected chi connectivity index (χ0v) is 11.9. The van der Waals surface area contributed by atoms with Gasteiger partial charge in [0.15, 0.2) is 0 Å². The predicted molar refractivity (Wildman–Crippen MR) is 71.9 cm³/mol. The number of hydrogen-bond donors (Lipinski definition) is 0. The molecule has 0 atom stereocenters. The van der Waals surface area contributed by atoms with Crippen LogP contribution in [0.15, 0.2) is 18.5 Å². The van der Waals surface area contributed by atoms with E-state index >= 15 is 0 Å². The highest BCUT2D eigenvalue weighted by Crippen LogP contribution is 2.00. The van der Waals surface area contributed by atoms with Crippen molar-refractivity contribution in [1.82, 2.24) is 14.7 Å². The van der Waals surface area contributed by atoms with E-state index in [-0.39, 0.29) is 18.3 Å². The molecule has 112 valence electrons. The van der Waals surface area contributed by atoms with Gasteiger partial charge in [-0.3, -0.25) is 14.3 Å². The standard InChI is InChI=1S/C13H21N3O4/c1-19-11-10-15(8-5-13(18)20-2)12(17)4-9-16-7-3-6-14-16/h3,6-7H,4-5,8-11H2,1-2H3. The van der Waals surface area contributed by atoms with Gasteiger partial charge in [0.05, 0.1) is 20.1 Å². The number of amides is 1. The number of carbonyl (C=O) groups excluding carboxylic acids is 2. The Balaban J connectivity index is 2.43. The number of nitrogens with zero attached hydrogens (tertiary/aromatic N) is 3. The van der Waals surface area contributed by atoms with Crippen LogP contribution in [0.4, 0.5) is 0 Å². The van der Waals surface area contributed by atoms with Crippen LogP contribution < -0.4 is 0 Å². The number of hydrogen-bond acceptors (Lipinski definition) is 5. The normalized spacial score (nSPS) is 10.3. The Hall–Kier alpha value is -1.89. The second kappa shape index (κ2) is 9.08. The fourth-order valence-electron chi connectivity index (χ4n) is 1.69. The van der Waals surface area contributed by atoms with Crippen molar-refractivity contribution < 1.29 is 19.1 Å². The SMILES string of the molecule is COCCN(CCC(=O)OC)C(=O)CCn1cccn1. The van der Waals surface area contributed by atoms with E-state index in [1.54, 1.807) is 29.1 Å². The van der Waals surface area contributed by atoms with Gasteiger partial charge in [-0.2, -0.15) is 5.10 Å². The lowest BCUT2D eigenvalue weighted by atomic mass is 10.3. The van der Waals surface area contributed by atoms with Crippen molar-refractivity contribution in [2.45, 2.75) is 19.4 Å². The first-order valence-corrected chi connectivity index (χ1v) is 6.48. The molecule has 1 aromatic heterocycles. The molecule has 20 heavy (non-hydrogen) atoms. The van der Waals surface area contributed by atoms with Gasteiger partial charge < -0.3 is 14.4 Å². The molecule has 0 fully saturated rings. The summed E-state index contributed by atoms with van der Waals surface area (Å²) >= 11 is 0. The highest BCUT2D eigenvalue weighted by molar-refractivity contribution is 5.77. The maximum absolute atomic E-state index is 12.1. The third-order valence-corrected chi connectivity index (χ3v) is 2.85. The van der Waals surface area contributed by atoms with Crippen molar-refractivity contribution in [2.24, 2.45) is 0 Å². The summed E-state index contributed by atoms with van der Waals surface area (Å²) in [5.41, 5.74) is 0. The third kappa shape index (κ3) is 5.83. The van der Waals surface area contributed by atoms with Gasteiger partial charge in [-0.15, -0.1) is 0 Å². The average Bonchev–Trinajstić information content (AvgIpc) is 2.97. The second-order valence-electron chi connectivity index (χ2n) is 4.22. The molecule has 0 saturated carbocycles. The van der Waals surface area contributed by atoms with E-state index in [0.29, 0.717) is 32.7 Å². The average molecular weight is 283 g/mol. The quantitative estimate of drug-likeness (QED) is 0.610. The second-order valence-corrected chi connectivity index (χ2v) is 4.22. The lowest BCUT2D eigenvalue weighted by Gasteiger charge is -2.22. The highest BCUT2D eigenvalue weighted by atomic mass is 16.5. The van der Waals surface area contributed by atoms with Crippen molar-refractivity contribution in [3.63, 3.8) is 0 Å². The van der Waals surface area contributed by atoms with E-state index in [9.17, 15) is 9.59 Å². The molecule has 1 amide bonds. The first-order chi connectivity index (χ1) is 9.67. The summed E-state index contributed by atoms with van der Waals surface area (Å²) in [6.45, 7) is 1.77. The van der Waals surface area contributed by atoms with Crippen molar-refractivity contribution in [2.75, 3.05) is 33.9 Å². The molecular weight excluding hydrogens is 262 g/mol. The van der Waals surface area contributed by atoms with Gasteiger partial charge in [-0.05, 0) is 6.07 Å². The maximum atomic E-state index is 12.1. The lowest BCUT2D eigenvalue weighted by Crippen LogP contribution is -2.36. The van der Waals surface area contributed by atoms with E-state index in [1.165, 1.54) is 7.11 Å². The molecule has 0 N–H and O–H groups in total. The molecule has 7 heteroatoms. The molecule has 0 aliphatic carbocycles. The minimum Gasteiger partial charge on any atom is -0.469 e. The van der Waals surface area contributed by atoms with Gasteiger partial charge in [-0.25, -0.2) is 0 Å². The van der Waals surface area contributed by atoms with E-state index in [0.717, 1.165) is 0 Å². The molecule has 0 saturated heterocycles. The number of rotatable bonds is 9. The fraction of sp³-hybridized carbons (Fsp3) is 0.615. The summed E-state index contributed by atoms with van der Waals surface area (Å²) in [5, 5.41) is 4.04. The fourth-order valence-corrected chi connectivity index (χ4v) is 1.69. The molecule has 0 aliphatic heterocycles. The lowest BCUT2D eigenvalue weighted by molar-refractivity contribution is -0.142. The topological polar surface area (TPSA) is 73.7 Å². The van der Waals surface area contributed by atoms with Crippen LogP contribution in [0.2, 0.25) is 0 Å². The zero-order valence-electron chi connectivity index (χ0n) is 11.9. The number of aromatic nitrogens is 2. The third-order valence-electron chi connectivity index (χ3n) is 2.85. The highest BCUT2D eigenvalue weighted by Gasteiger charge is 2.15. The molecule has 0 spiro atoms. The molecule has 0 aromatic carbocycles. The van der Waals surface area contributed by atoms with Crippen LogP contribution in [0.5, 0.6) is 0 Å². The van der Waals surface area contributed by atoms with Crippen molar-refractivity contribution >= 4 is 11.9 Å². The summed E-state index contributed by atoms with van der Waals surface area (Å²) in [4.78, 5) is 24.9. The number of ether oxygens (including phenoxy) is 2. The number of aryl methyl sites for hydroxylation is 1. The van der Waals surface area contributed by atoms with Crippen molar-refractivity contribution in [3.05, 3.63) is 18.5 Å². The van der Waals surface area contributed by atoms with Crippen molar-refractivity contribution in [3.8, 4) is 0 Å². The smallest absolute Gasteiger partial charge is 0.307 e. The van der Waals surface area contributed by atoms with E-state index in [4.69, 9.17) is 4.74 Å². The zero-order chi connectivity index (χ0) is 14.8. The van der Waals surface area contributed by atoms with Crippen LogP contribution in [-0.4, -0.2) is 60.5 Å². The van der Waals surface area contributed by atoms with Gasteiger partial charge in [0.25, 0.3) is 0 Å². The minimum atomic E-state index is -0.327. The van der Waals surface area contributed by atoms with E-state index < -0.39 is 0 Å². The molecule has 0 radical (unpaired) electrons. The molecule has 0 aliphatic rings. The molecule has 0 bridgehead atoms. The number of esters is 1. The monoisotopic (exact) mass is 283 g/mol. The number of methoxy groups -OCH3 is 2. The Bertz CT molecular complexity index is 406. The Morgan fingerprint density at radius 1 is 1.25 bits per heavy atom. The van der Waals surface area contributed by atoms with Crippen LogP contribution in [0.3, 0.4) is 0 Å². The van der Waals surface area contributed by atoms with E-state index in [2.05, 4.69) is 9.84 Å². The Morgan fingerprint density at radius 2 is 2.05 bits per heavy atom. The predicted octanol–water partition coefficient (Wildman–Crippen LogP) is 0.311. The van der Waals surface area contributed by atoms with Crippen LogP contribution in [0, 0.1) is 0 Å². The molecule has 1 aromatic rings. The molecule has 1 rings (SSSR count). The molecule has 0 unspecified atom stereocenters. The summed E-state index contributed by atoms with van der Waals surface area (Å²) in [6.07, 6.45) is 4.01. The van der Waals surface area contributed by atoms with Crippen LogP contribution in [0.1, 0.15) is 12.8 Å². The minimum absolute atomic E-state index is 0.0264. The number of carbonyl (C=O) groups is 2. The van der Waals surface area contributed by atoms with E-state index in [1.807, 2.05) is 6.07 Å². The van der Waals surface area contributed by atoms with Crippen LogP contribution in [0.25, 0.3) is 0 Å².